The lowest BCUT2D eigenvalue weighted by Crippen LogP contribution is -2.22. The third kappa shape index (κ3) is 8.23. The molecular formula is C33H45F3O3. The van der Waals surface area contributed by atoms with E-state index in [2.05, 4.69) is 13.8 Å². The molecule has 0 atom stereocenters. The molecule has 0 heterocycles. The van der Waals surface area contributed by atoms with Crippen molar-refractivity contribution in [1.82, 2.24) is 0 Å². The third-order valence-electron chi connectivity index (χ3n) is 8.49. The second kappa shape index (κ2) is 15.1. The Labute approximate surface area is 232 Å². The second-order valence-electron chi connectivity index (χ2n) is 11.3. The summed E-state index contributed by atoms with van der Waals surface area (Å²) in [7, 11) is 0. The van der Waals surface area contributed by atoms with Crippen LogP contribution >= 0.6 is 0 Å². The number of benzene rings is 2. The van der Waals surface area contributed by atoms with E-state index in [-0.39, 0.29) is 42.0 Å². The van der Waals surface area contributed by atoms with Crippen molar-refractivity contribution in [2.75, 3.05) is 13.2 Å². The largest absolute Gasteiger partial charge is 0.491 e. The van der Waals surface area contributed by atoms with Gasteiger partial charge >= 0.3 is 0 Å². The van der Waals surface area contributed by atoms with Crippen LogP contribution in [0.15, 0.2) is 30.3 Å². The Balaban J connectivity index is 1.23. The fourth-order valence-electron chi connectivity index (χ4n) is 5.95. The van der Waals surface area contributed by atoms with E-state index in [9.17, 15) is 8.78 Å². The molecule has 0 saturated heterocycles. The minimum absolute atomic E-state index is 0.00660. The molecule has 2 fully saturated rings. The van der Waals surface area contributed by atoms with Crippen LogP contribution in [0.5, 0.6) is 5.75 Å². The summed E-state index contributed by atoms with van der Waals surface area (Å²) in [6.45, 7) is 5.59. The molecular weight excluding hydrogens is 501 g/mol. The summed E-state index contributed by atoms with van der Waals surface area (Å²) in [6, 6.07) is 8.73. The summed E-state index contributed by atoms with van der Waals surface area (Å²) in [4.78, 5) is 0. The van der Waals surface area contributed by atoms with Crippen molar-refractivity contribution in [3.63, 3.8) is 0 Å². The van der Waals surface area contributed by atoms with Crippen LogP contribution < -0.4 is 4.74 Å². The Hall–Kier alpha value is -2.05. The lowest BCUT2D eigenvalue weighted by Gasteiger charge is -2.30. The van der Waals surface area contributed by atoms with Crippen LogP contribution in [0.2, 0.25) is 0 Å². The van der Waals surface area contributed by atoms with Gasteiger partial charge in [0.05, 0.1) is 25.4 Å². The molecule has 0 radical (unpaired) electrons. The molecule has 0 amide bonds. The summed E-state index contributed by atoms with van der Waals surface area (Å²) in [5.74, 6) is -1.19. The van der Waals surface area contributed by atoms with Crippen molar-refractivity contribution in [1.29, 1.82) is 0 Å². The van der Waals surface area contributed by atoms with Gasteiger partial charge in [-0.2, -0.15) is 0 Å². The van der Waals surface area contributed by atoms with E-state index in [1.165, 1.54) is 0 Å². The van der Waals surface area contributed by atoms with Gasteiger partial charge in [0.1, 0.15) is 0 Å². The lowest BCUT2D eigenvalue weighted by atomic mass is 9.82. The van der Waals surface area contributed by atoms with E-state index in [0.717, 1.165) is 89.2 Å². The Morgan fingerprint density at radius 3 is 2.00 bits per heavy atom. The van der Waals surface area contributed by atoms with Gasteiger partial charge in [0.15, 0.2) is 23.2 Å². The molecule has 0 bridgehead atoms. The monoisotopic (exact) mass is 546 g/mol. The van der Waals surface area contributed by atoms with Gasteiger partial charge in [0.2, 0.25) is 0 Å². The molecule has 39 heavy (non-hydrogen) atoms. The molecule has 0 spiro atoms. The number of hydrogen-bond acceptors (Lipinski definition) is 3. The van der Waals surface area contributed by atoms with Crippen molar-refractivity contribution in [2.45, 2.75) is 122 Å². The van der Waals surface area contributed by atoms with E-state index < -0.39 is 11.6 Å². The predicted molar refractivity (Wildman–Crippen MR) is 149 cm³/mol. The van der Waals surface area contributed by atoms with E-state index in [4.69, 9.17) is 14.2 Å². The first kappa shape index (κ1) is 29.9. The summed E-state index contributed by atoms with van der Waals surface area (Å²) >= 11 is 0. The van der Waals surface area contributed by atoms with E-state index in [1.807, 2.05) is 6.07 Å². The third-order valence-corrected chi connectivity index (χ3v) is 8.49. The molecule has 2 aromatic rings. The minimum Gasteiger partial charge on any atom is -0.491 e. The van der Waals surface area contributed by atoms with Gasteiger partial charge in [0.25, 0.3) is 0 Å². The van der Waals surface area contributed by atoms with Crippen molar-refractivity contribution in [2.24, 2.45) is 0 Å². The first-order valence-electron chi connectivity index (χ1n) is 15.1. The van der Waals surface area contributed by atoms with Gasteiger partial charge in [-0.15, -0.1) is 0 Å². The zero-order chi connectivity index (χ0) is 27.6. The van der Waals surface area contributed by atoms with E-state index >= 15 is 4.39 Å². The summed E-state index contributed by atoms with van der Waals surface area (Å²) < 4.78 is 62.0. The van der Waals surface area contributed by atoms with Crippen LogP contribution in [0.4, 0.5) is 13.2 Å². The number of halogens is 3. The quantitative estimate of drug-likeness (QED) is 0.234. The highest BCUT2D eigenvalue weighted by Gasteiger charge is 2.28. The highest BCUT2D eigenvalue weighted by atomic mass is 19.2. The maximum Gasteiger partial charge on any atom is 0.165 e. The Bertz CT molecular complexity index is 1030. The standard InChI is InChI=1S/C33H45F3O3/c1-3-5-19-37-27-15-9-24(10-16-27)29-17-11-26(32(35)33(29)36)22-39-28-13-7-23(8-14-28)25-12-18-31(30(34)21-25)38-20-6-4-2/h11-12,17-18,21,23-24,27-28H,3-10,13-16,19-20,22H2,1-2H3. The lowest BCUT2D eigenvalue weighted by molar-refractivity contribution is 0.0118. The molecule has 216 valence electrons. The molecule has 3 nitrogen and oxygen atoms in total. The van der Waals surface area contributed by atoms with Crippen LogP contribution in [0.1, 0.15) is 119 Å². The highest BCUT2D eigenvalue weighted by Crippen LogP contribution is 2.38. The van der Waals surface area contributed by atoms with E-state index in [0.29, 0.717) is 17.9 Å². The molecule has 2 aliphatic rings. The zero-order valence-electron chi connectivity index (χ0n) is 23.7. The van der Waals surface area contributed by atoms with Crippen LogP contribution in [-0.4, -0.2) is 25.4 Å². The van der Waals surface area contributed by atoms with Crippen LogP contribution in [-0.2, 0) is 16.1 Å². The SMILES string of the molecule is CCCCOc1ccc(C2CCC(OCc3ccc(C4CCC(OCCCC)CC4)c(F)c3F)CC2)cc1F. The number of unbranched alkanes of at least 4 members (excludes halogenated alkanes) is 2. The Kier molecular flexibility index (Phi) is 11.6. The minimum atomic E-state index is -0.778. The molecule has 2 aliphatic carbocycles. The molecule has 4 rings (SSSR count). The van der Waals surface area contributed by atoms with Crippen molar-refractivity contribution < 1.29 is 27.4 Å². The van der Waals surface area contributed by atoms with Crippen molar-refractivity contribution in [3.8, 4) is 5.75 Å². The molecule has 6 heteroatoms. The van der Waals surface area contributed by atoms with E-state index in [1.54, 1.807) is 24.3 Å². The van der Waals surface area contributed by atoms with Crippen LogP contribution in [0.3, 0.4) is 0 Å². The average molecular weight is 547 g/mol. The molecule has 0 N–H and O–H groups in total. The summed E-state index contributed by atoms with van der Waals surface area (Å²) in [6.07, 6.45) is 11.1. The van der Waals surface area contributed by atoms with Crippen molar-refractivity contribution >= 4 is 0 Å². The number of ether oxygens (including phenoxy) is 3. The Morgan fingerprint density at radius 2 is 1.33 bits per heavy atom. The van der Waals surface area contributed by atoms with Gasteiger partial charge in [-0.25, -0.2) is 13.2 Å². The maximum absolute atomic E-state index is 15.0. The van der Waals surface area contributed by atoms with Gasteiger partial charge < -0.3 is 14.2 Å². The topological polar surface area (TPSA) is 27.7 Å². The summed E-state index contributed by atoms with van der Waals surface area (Å²) in [5, 5.41) is 0. The highest BCUT2D eigenvalue weighted by molar-refractivity contribution is 5.32. The smallest absolute Gasteiger partial charge is 0.165 e. The maximum atomic E-state index is 15.0. The average Bonchev–Trinajstić information content (AvgIpc) is 2.96. The van der Waals surface area contributed by atoms with Crippen LogP contribution in [0.25, 0.3) is 0 Å². The fourth-order valence-corrected chi connectivity index (χ4v) is 5.95. The van der Waals surface area contributed by atoms with Crippen LogP contribution in [0, 0.1) is 17.5 Å². The molecule has 0 aliphatic heterocycles. The molecule has 0 unspecified atom stereocenters. The first-order valence-corrected chi connectivity index (χ1v) is 15.1. The van der Waals surface area contributed by atoms with Gasteiger partial charge in [-0.05, 0) is 99.3 Å². The van der Waals surface area contributed by atoms with Gasteiger partial charge in [0, 0.05) is 12.2 Å². The molecule has 2 saturated carbocycles. The zero-order valence-corrected chi connectivity index (χ0v) is 23.7. The van der Waals surface area contributed by atoms with Gasteiger partial charge in [-0.3, -0.25) is 0 Å². The molecule has 2 aromatic carbocycles. The normalized spacial score (nSPS) is 23.6. The van der Waals surface area contributed by atoms with Crippen molar-refractivity contribution in [3.05, 3.63) is 64.5 Å². The second-order valence-corrected chi connectivity index (χ2v) is 11.3. The first-order chi connectivity index (χ1) is 19.0. The Morgan fingerprint density at radius 1 is 0.692 bits per heavy atom. The number of rotatable bonds is 13. The predicted octanol–water partition coefficient (Wildman–Crippen LogP) is 9.37. The van der Waals surface area contributed by atoms with Gasteiger partial charge in [-0.1, -0.05) is 44.9 Å². The fraction of sp³-hybridized carbons (Fsp3) is 0.636. The summed E-state index contributed by atoms with van der Waals surface area (Å²) in [5.41, 5.74) is 1.74. The number of hydrogen-bond donors (Lipinski definition) is 0. The molecule has 0 aromatic heterocycles.